The third-order valence-corrected chi connectivity index (χ3v) is 3.94. The monoisotopic (exact) mass is 280 g/mol. The van der Waals surface area contributed by atoms with Gasteiger partial charge < -0.3 is 9.64 Å². The predicted octanol–water partition coefficient (Wildman–Crippen LogP) is 1.80. The first-order chi connectivity index (χ1) is 9.17. The topological polar surface area (TPSA) is 41.6 Å². The van der Waals surface area contributed by atoms with Crippen LogP contribution in [0.3, 0.4) is 0 Å². The van der Waals surface area contributed by atoms with Crippen LogP contribution in [-0.4, -0.2) is 43.0 Å². The van der Waals surface area contributed by atoms with Gasteiger partial charge in [-0.1, -0.05) is 6.07 Å². The Morgan fingerprint density at radius 3 is 2.95 bits per heavy atom. The molecule has 1 atom stereocenters. The first-order valence-corrected chi connectivity index (χ1v) is 7.73. The Balaban J connectivity index is 2.19. The van der Waals surface area contributed by atoms with Gasteiger partial charge >= 0.3 is 0 Å². The van der Waals surface area contributed by atoms with Crippen LogP contribution in [0, 0.1) is 6.92 Å². The van der Waals surface area contributed by atoms with Crippen LogP contribution in [0.25, 0.3) is 0 Å². The second kappa shape index (κ2) is 6.30. The Labute approximate surface area is 118 Å². The SMILES string of the molecule is COc1ccc(C2NCC(=O)N2CCSC)cc1C. The average molecular weight is 280 g/mol. The Morgan fingerprint density at radius 1 is 1.53 bits per heavy atom. The van der Waals surface area contributed by atoms with Gasteiger partial charge in [0.2, 0.25) is 5.91 Å². The molecule has 1 saturated heterocycles. The van der Waals surface area contributed by atoms with E-state index >= 15 is 0 Å². The van der Waals surface area contributed by atoms with Gasteiger partial charge in [0.05, 0.1) is 13.7 Å². The molecule has 0 saturated carbocycles. The molecule has 0 bridgehead atoms. The maximum atomic E-state index is 11.9. The summed E-state index contributed by atoms with van der Waals surface area (Å²) in [4.78, 5) is 13.8. The fourth-order valence-corrected chi connectivity index (χ4v) is 2.73. The van der Waals surface area contributed by atoms with Gasteiger partial charge in [-0.2, -0.15) is 11.8 Å². The van der Waals surface area contributed by atoms with E-state index in [0.29, 0.717) is 6.54 Å². The van der Waals surface area contributed by atoms with E-state index in [-0.39, 0.29) is 12.1 Å². The van der Waals surface area contributed by atoms with Gasteiger partial charge in [-0.05, 0) is 36.4 Å². The zero-order valence-corrected chi connectivity index (χ0v) is 12.4. The van der Waals surface area contributed by atoms with E-state index in [1.807, 2.05) is 24.0 Å². The van der Waals surface area contributed by atoms with Crippen molar-refractivity contribution < 1.29 is 9.53 Å². The predicted molar refractivity (Wildman–Crippen MR) is 78.6 cm³/mol. The molecular formula is C14H20N2O2S. The zero-order valence-electron chi connectivity index (χ0n) is 11.6. The molecule has 1 aromatic carbocycles. The molecule has 19 heavy (non-hydrogen) atoms. The van der Waals surface area contributed by atoms with Crippen molar-refractivity contribution in [2.45, 2.75) is 13.1 Å². The molecule has 1 amide bonds. The van der Waals surface area contributed by atoms with Gasteiger partial charge in [0.15, 0.2) is 0 Å². The van der Waals surface area contributed by atoms with Crippen LogP contribution in [0.2, 0.25) is 0 Å². The lowest BCUT2D eigenvalue weighted by Crippen LogP contribution is -2.32. The van der Waals surface area contributed by atoms with Crippen molar-refractivity contribution in [3.63, 3.8) is 0 Å². The Morgan fingerprint density at radius 2 is 2.32 bits per heavy atom. The third kappa shape index (κ3) is 3.04. The quantitative estimate of drug-likeness (QED) is 0.893. The summed E-state index contributed by atoms with van der Waals surface area (Å²) >= 11 is 1.76. The summed E-state index contributed by atoms with van der Waals surface area (Å²) in [5.74, 6) is 2.01. The molecule has 1 fully saturated rings. The van der Waals surface area contributed by atoms with Crippen molar-refractivity contribution >= 4 is 17.7 Å². The largest absolute Gasteiger partial charge is 0.496 e. The minimum Gasteiger partial charge on any atom is -0.496 e. The van der Waals surface area contributed by atoms with E-state index in [1.165, 1.54) is 0 Å². The Kier molecular flexibility index (Phi) is 4.71. The van der Waals surface area contributed by atoms with Crippen molar-refractivity contribution in [2.24, 2.45) is 0 Å². The molecule has 4 nitrogen and oxygen atoms in total. The van der Waals surface area contributed by atoms with Crippen LogP contribution >= 0.6 is 11.8 Å². The van der Waals surface area contributed by atoms with Gasteiger partial charge in [0.1, 0.15) is 11.9 Å². The highest BCUT2D eigenvalue weighted by Crippen LogP contribution is 2.27. The average Bonchev–Trinajstić information content (AvgIpc) is 2.77. The van der Waals surface area contributed by atoms with E-state index in [2.05, 4.69) is 17.6 Å². The second-order valence-corrected chi connectivity index (χ2v) is 5.58. The number of amides is 1. The summed E-state index contributed by atoms with van der Waals surface area (Å²) in [6.45, 7) is 3.22. The molecular weight excluding hydrogens is 260 g/mol. The van der Waals surface area contributed by atoms with E-state index in [1.54, 1.807) is 18.9 Å². The number of aryl methyl sites for hydroxylation is 1. The van der Waals surface area contributed by atoms with E-state index in [4.69, 9.17) is 4.74 Å². The highest BCUT2D eigenvalue weighted by Gasteiger charge is 2.31. The highest BCUT2D eigenvalue weighted by molar-refractivity contribution is 7.98. The number of methoxy groups -OCH3 is 1. The van der Waals surface area contributed by atoms with E-state index < -0.39 is 0 Å². The first-order valence-electron chi connectivity index (χ1n) is 6.33. The standard InChI is InChI=1S/C14H20N2O2S/c1-10-8-11(4-5-12(10)18-2)14-15-9-13(17)16(14)6-7-19-3/h4-5,8,14-15H,6-7,9H2,1-3H3. The molecule has 2 rings (SSSR count). The van der Waals surface area contributed by atoms with Crippen LogP contribution in [0.5, 0.6) is 5.75 Å². The fourth-order valence-electron chi connectivity index (χ4n) is 2.35. The molecule has 0 spiro atoms. The van der Waals surface area contributed by atoms with Crippen molar-refractivity contribution in [3.05, 3.63) is 29.3 Å². The summed E-state index contributed by atoms with van der Waals surface area (Å²) in [5, 5.41) is 3.27. The number of rotatable bonds is 5. The van der Waals surface area contributed by atoms with Crippen LogP contribution in [0.15, 0.2) is 18.2 Å². The number of hydrogen-bond donors (Lipinski definition) is 1. The summed E-state index contributed by atoms with van der Waals surface area (Å²) in [5.41, 5.74) is 2.20. The van der Waals surface area contributed by atoms with E-state index in [0.717, 1.165) is 29.2 Å². The van der Waals surface area contributed by atoms with Crippen LogP contribution in [-0.2, 0) is 4.79 Å². The molecule has 1 aliphatic rings. The number of nitrogens with zero attached hydrogens (tertiary/aromatic N) is 1. The molecule has 0 aliphatic carbocycles. The van der Waals surface area contributed by atoms with Crippen molar-refractivity contribution in [2.75, 3.05) is 32.2 Å². The number of thioether (sulfide) groups is 1. The second-order valence-electron chi connectivity index (χ2n) is 4.59. The summed E-state index contributed by atoms with van der Waals surface area (Å²) in [7, 11) is 1.67. The van der Waals surface area contributed by atoms with Crippen molar-refractivity contribution in [3.8, 4) is 5.75 Å². The molecule has 0 radical (unpaired) electrons. The zero-order chi connectivity index (χ0) is 13.8. The maximum Gasteiger partial charge on any atom is 0.238 e. The van der Waals surface area contributed by atoms with Gasteiger partial charge in [-0.15, -0.1) is 0 Å². The van der Waals surface area contributed by atoms with Gasteiger partial charge in [-0.25, -0.2) is 0 Å². The minimum absolute atomic E-state index is 0.00995. The number of ether oxygens (including phenoxy) is 1. The molecule has 1 aromatic rings. The molecule has 104 valence electrons. The van der Waals surface area contributed by atoms with Gasteiger partial charge in [0.25, 0.3) is 0 Å². The minimum atomic E-state index is -0.00995. The first kappa shape index (κ1) is 14.2. The third-order valence-electron chi connectivity index (χ3n) is 3.35. The number of nitrogens with one attached hydrogen (secondary N) is 1. The lowest BCUT2D eigenvalue weighted by atomic mass is 10.1. The normalized spacial score (nSPS) is 19.0. The highest BCUT2D eigenvalue weighted by atomic mass is 32.2. The maximum absolute atomic E-state index is 11.9. The van der Waals surface area contributed by atoms with E-state index in [9.17, 15) is 4.79 Å². The van der Waals surface area contributed by atoms with Crippen LogP contribution < -0.4 is 10.1 Å². The fraction of sp³-hybridized carbons (Fsp3) is 0.500. The Bertz CT molecular complexity index is 465. The Hall–Kier alpha value is -1.20. The van der Waals surface area contributed by atoms with Gasteiger partial charge in [-0.3, -0.25) is 10.1 Å². The molecule has 1 heterocycles. The molecule has 0 aromatic heterocycles. The molecule has 5 heteroatoms. The lowest BCUT2D eigenvalue weighted by molar-refractivity contribution is -0.127. The van der Waals surface area contributed by atoms with Crippen LogP contribution in [0.4, 0.5) is 0 Å². The summed E-state index contributed by atoms with van der Waals surface area (Å²) in [6, 6.07) is 6.07. The lowest BCUT2D eigenvalue weighted by Gasteiger charge is -2.25. The number of hydrogen-bond acceptors (Lipinski definition) is 4. The smallest absolute Gasteiger partial charge is 0.238 e. The van der Waals surface area contributed by atoms with Crippen LogP contribution in [0.1, 0.15) is 17.3 Å². The summed E-state index contributed by atoms with van der Waals surface area (Å²) < 4.78 is 5.27. The number of carbonyl (C=O) groups is 1. The molecule has 1 aliphatic heterocycles. The van der Waals surface area contributed by atoms with Gasteiger partial charge in [0, 0.05) is 12.3 Å². The number of benzene rings is 1. The van der Waals surface area contributed by atoms with Crippen molar-refractivity contribution in [1.29, 1.82) is 0 Å². The molecule has 1 N–H and O–H groups in total. The number of carbonyl (C=O) groups excluding carboxylic acids is 1. The van der Waals surface area contributed by atoms with Crippen molar-refractivity contribution in [1.82, 2.24) is 10.2 Å². The molecule has 1 unspecified atom stereocenters. The summed E-state index contributed by atoms with van der Waals surface area (Å²) in [6.07, 6.45) is 2.05.